The predicted octanol–water partition coefficient (Wildman–Crippen LogP) is 3.14. The number of nitrogens with one attached hydrogen (secondary N) is 1. The number of aromatic nitrogens is 1. The lowest BCUT2D eigenvalue weighted by atomic mass is 9.89. The van der Waals surface area contributed by atoms with Gasteiger partial charge in [0.05, 0.1) is 6.54 Å². The largest absolute Gasteiger partial charge is 0.382 e. The van der Waals surface area contributed by atoms with Gasteiger partial charge >= 0.3 is 0 Å². The molecule has 0 bridgehead atoms. The van der Waals surface area contributed by atoms with Crippen LogP contribution in [0.2, 0.25) is 0 Å². The Morgan fingerprint density at radius 2 is 1.97 bits per heavy atom. The Morgan fingerprint density at radius 1 is 1.23 bits per heavy atom. The molecular weight excluding hydrogens is 395 g/mol. The summed E-state index contributed by atoms with van der Waals surface area (Å²) in [6.07, 6.45) is 6.08. The van der Waals surface area contributed by atoms with E-state index < -0.39 is 0 Å². The van der Waals surface area contributed by atoms with Crippen LogP contribution in [0.15, 0.2) is 35.4 Å². The molecule has 0 spiro atoms. The fourth-order valence-electron chi connectivity index (χ4n) is 3.89. The summed E-state index contributed by atoms with van der Waals surface area (Å²) in [6, 6.07) is 8.11. The van der Waals surface area contributed by atoms with Crippen LogP contribution in [0.1, 0.15) is 65.0 Å². The van der Waals surface area contributed by atoms with Crippen LogP contribution < -0.4 is 16.9 Å². The van der Waals surface area contributed by atoms with Gasteiger partial charge in [0.15, 0.2) is 5.84 Å². The molecule has 0 saturated heterocycles. The van der Waals surface area contributed by atoms with Crippen LogP contribution in [-0.2, 0) is 6.54 Å². The zero-order valence-electron chi connectivity index (χ0n) is 18.2. The third-order valence-corrected chi connectivity index (χ3v) is 5.56. The number of halogens is 1. The smallest absolute Gasteiger partial charge is 0.270 e. The number of amides is 1. The van der Waals surface area contributed by atoms with Crippen molar-refractivity contribution < 1.29 is 9.18 Å². The second-order valence-electron chi connectivity index (χ2n) is 8.26. The molecule has 1 amide bonds. The Kier molecular flexibility index (Phi) is 7.57. The van der Waals surface area contributed by atoms with E-state index >= 15 is 0 Å². The second-order valence-corrected chi connectivity index (χ2v) is 8.26. The van der Waals surface area contributed by atoms with E-state index in [-0.39, 0.29) is 29.8 Å². The quantitative estimate of drug-likeness (QED) is 0.273. The van der Waals surface area contributed by atoms with E-state index in [4.69, 9.17) is 11.6 Å². The molecule has 0 aliphatic heterocycles. The predicted molar refractivity (Wildman–Crippen MR) is 119 cm³/mol. The topological polar surface area (TPSA) is 110 Å². The molecule has 7 nitrogen and oxygen atoms in total. The number of hydrogen-bond donors (Lipinski definition) is 3. The number of hydrazine groups is 1. The first-order valence-corrected chi connectivity index (χ1v) is 10.7. The highest BCUT2D eigenvalue weighted by Gasteiger charge is 2.16. The Labute approximate surface area is 182 Å². The monoisotopic (exact) mass is 426 g/mol. The molecule has 1 aromatic carbocycles. The minimum Gasteiger partial charge on any atom is -0.382 e. The molecule has 1 fully saturated rings. The molecule has 3 rings (SSSR count). The van der Waals surface area contributed by atoms with Crippen molar-refractivity contribution in [3.63, 3.8) is 0 Å². The maximum absolute atomic E-state index is 13.4. The highest BCUT2D eigenvalue weighted by Crippen LogP contribution is 2.23. The van der Waals surface area contributed by atoms with E-state index in [0.717, 1.165) is 18.4 Å². The van der Waals surface area contributed by atoms with Gasteiger partial charge in [0.1, 0.15) is 11.5 Å². The number of carbonyl (C=O) groups is 1. The van der Waals surface area contributed by atoms with Crippen LogP contribution in [0, 0.1) is 25.6 Å². The third kappa shape index (κ3) is 6.49. The van der Waals surface area contributed by atoms with Crippen molar-refractivity contribution in [3.05, 3.63) is 64.2 Å². The number of hydrazone groups is 1. The first-order valence-electron chi connectivity index (χ1n) is 10.7. The number of nitrogens with zero attached hydrogens (tertiary/aromatic N) is 3. The van der Waals surface area contributed by atoms with Gasteiger partial charge in [-0.3, -0.25) is 4.79 Å². The molecule has 0 atom stereocenters. The summed E-state index contributed by atoms with van der Waals surface area (Å²) in [5.41, 5.74) is 8.99. The fourth-order valence-corrected chi connectivity index (χ4v) is 3.89. The Balaban J connectivity index is 1.66. The summed E-state index contributed by atoms with van der Waals surface area (Å²) < 4.78 is 13.4. The van der Waals surface area contributed by atoms with Gasteiger partial charge in [0, 0.05) is 17.8 Å². The lowest BCUT2D eigenvalue weighted by Gasteiger charge is -2.25. The molecule has 0 radical (unpaired) electrons. The fraction of sp³-hybridized carbons (Fsp3) is 0.435. The molecular formula is C23H31FN6O. The summed E-state index contributed by atoms with van der Waals surface area (Å²) in [5.74, 6) is 6.22. The van der Waals surface area contributed by atoms with Gasteiger partial charge in [0.25, 0.3) is 5.91 Å². The van der Waals surface area contributed by atoms with Gasteiger partial charge in [0.2, 0.25) is 0 Å². The van der Waals surface area contributed by atoms with E-state index in [0.29, 0.717) is 29.3 Å². The van der Waals surface area contributed by atoms with Crippen LogP contribution in [0.4, 0.5) is 4.39 Å². The van der Waals surface area contributed by atoms with Crippen molar-refractivity contribution in [2.75, 3.05) is 6.54 Å². The molecule has 1 heterocycles. The number of nitrogens with two attached hydrogens (primary N) is 2. The first-order chi connectivity index (χ1) is 14.8. The van der Waals surface area contributed by atoms with Crippen molar-refractivity contribution >= 4 is 11.7 Å². The zero-order valence-corrected chi connectivity index (χ0v) is 18.2. The number of amidine groups is 1. The van der Waals surface area contributed by atoms with Crippen LogP contribution in [0.5, 0.6) is 0 Å². The summed E-state index contributed by atoms with van der Waals surface area (Å²) in [6.45, 7) is 4.41. The van der Waals surface area contributed by atoms with Crippen molar-refractivity contribution in [1.29, 1.82) is 0 Å². The van der Waals surface area contributed by atoms with Crippen molar-refractivity contribution in [3.8, 4) is 0 Å². The summed E-state index contributed by atoms with van der Waals surface area (Å²) in [7, 11) is 0. The van der Waals surface area contributed by atoms with E-state index in [1.54, 1.807) is 38.1 Å². The Bertz CT molecular complexity index is 955. The molecule has 1 aliphatic carbocycles. The number of aryl methyl sites for hydroxylation is 2. The minimum absolute atomic E-state index is 0.239. The molecule has 166 valence electrons. The lowest BCUT2D eigenvalue weighted by molar-refractivity contribution is 0.0945. The molecule has 0 unspecified atom stereocenters. The van der Waals surface area contributed by atoms with Gasteiger partial charge < -0.3 is 11.1 Å². The standard InChI is InChI=1S/C23H31FN6O/c1-15-10-18(8-9-20(15)24)13-27-23(31)21-12-19(11-16(2)28-21)22(25)29-30(26)14-17-6-4-3-5-7-17/h8-12,17H,3-7,13-14,26H2,1-2H3,(H2,25,29)(H,27,31). The average molecular weight is 427 g/mol. The Hall–Kier alpha value is -3.00. The molecule has 1 aliphatic rings. The molecule has 5 N–H and O–H groups in total. The van der Waals surface area contributed by atoms with Gasteiger partial charge in [-0.1, -0.05) is 31.4 Å². The second kappa shape index (κ2) is 10.3. The van der Waals surface area contributed by atoms with E-state index in [1.165, 1.54) is 30.4 Å². The maximum Gasteiger partial charge on any atom is 0.270 e. The SMILES string of the molecule is Cc1cc(/C(N)=N/N(N)CC2CCCCC2)cc(C(=O)NCc2ccc(F)c(C)c2)n1. The maximum atomic E-state index is 13.4. The minimum atomic E-state index is -0.341. The van der Waals surface area contributed by atoms with Gasteiger partial charge in [-0.05, 0) is 61.9 Å². The van der Waals surface area contributed by atoms with Crippen molar-refractivity contribution in [1.82, 2.24) is 15.4 Å². The zero-order chi connectivity index (χ0) is 22.4. The van der Waals surface area contributed by atoms with Crippen LogP contribution in [0.3, 0.4) is 0 Å². The highest BCUT2D eigenvalue weighted by molar-refractivity contribution is 6.00. The third-order valence-electron chi connectivity index (χ3n) is 5.56. The highest BCUT2D eigenvalue weighted by atomic mass is 19.1. The molecule has 2 aromatic rings. The lowest BCUT2D eigenvalue weighted by Crippen LogP contribution is -2.34. The Morgan fingerprint density at radius 3 is 2.68 bits per heavy atom. The molecule has 31 heavy (non-hydrogen) atoms. The first kappa shape index (κ1) is 22.7. The summed E-state index contributed by atoms with van der Waals surface area (Å²) in [4.78, 5) is 16.9. The molecule has 1 aromatic heterocycles. The number of hydrogen-bond acceptors (Lipinski definition) is 5. The molecule has 8 heteroatoms. The summed E-state index contributed by atoms with van der Waals surface area (Å²) in [5, 5.41) is 8.52. The number of pyridine rings is 1. The number of carbonyl (C=O) groups excluding carboxylic acids is 1. The molecule has 1 saturated carbocycles. The van der Waals surface area contributed by atoms with E-state index in [1.807, 2.05) is 0 Å². The van der Waals surface area contributed by atoms with Crippen LogP contribution in [0.25, 0.3) is 0 Å². The normalized spacial score (nSPS) is 15.0. The van der Waals surface area contributed by atoms with Gasteiger partial charge in [-0.15, -0.1) is 5.10 Å². The number of rotatable bonds is 7. The van der Waals surface area contributed by atoms with Crippen LogP contribution in [-0.4, -0.2) is 28.4 Å². The van der Waals surface area contributed by atoms with Crippen molar-refractivity contribution in [2.24, 2.45) is 22.6 Å². The van der Waals surface area contributed by atoms with E-state index in [2.05, 4.69) is 15.4 Å². The van der Waals surface area contributed by atoms with Crippen LogP contribution >= 0.6 is 0 Å². The van der Waals surface area contributed by atoms with E-state index in [9.17, 15) is 9.18 Å². The number of benzene rings is 1. The van der Waals surface area contributed by atoms with Gasteiger partial charge in [-0.25, -0.2) is 20.3 Å². The average Bonchev–Trinajstić information content (AvgIpc) is 2.74. The van der Waals surface area contributed by atoms with Crippen molar-refractivity contribution in [2.45, 2.75) is 52.5 Å². The van der Waals surface area contributed by atoms with Gasteiger partial charge in [-0.2, -0.15) is 0 Å². The summed E-state index contributed by atoms with van der Waals surface area (Å²) >= 11 is 0.